The van der Waals surface area contributed by atoms with Crippen LogP contribution in [-0.4, -0.2) is 9.55 Å². The summed E-state index contributed by atoms with van der Waals surface area (Å²) in [6.07, 6.45) is -0.224. The lowest BCUT2D eigenvalue weighted by atomic mass is 10.1. The number of para-hydroxylation sites is 2. The zero-order chi connectivity index (χ0) is 25.5. The van der Waals surface area contributed by atoms with Gasteiger partial charge in [0, 0.05) is 38.3 Å². The molecule has 0 saturated carbocycles. The number of benzene rings is 6. The monoisotopic (exact) mass is 501 g/mol. The van der Waals surface area contributed by atoms with Crippen molar-refractivity contribution in [1.29, 1.82) is 0 Å². The lowest BCUT2D eigenvalue weighted by molar-refractivity contribution is 0.260. The normalized spacial score (nSPS) is 14.8. The van der Waals surface area contributed by atoms with Crippen molar-refractivity contribution in [2.24, 2.45) is 0 Å². The summed E-state index contributed by atoms with van der Waals surface area (Å²) in [5.41, 5.74) is 7.89. The Morgan fingerprint density at radius 2 is 1.41 bits per heavy atom. The molecular formula is C35H23N3O. The van der Waals surface area contributed by atoms with E-state index in [9.17, 15) is 0 Å². The largest absolute Gasteiger partial charge is 0.464 e. The third-order valence-electron chi connectivity index (χ3n) is 8.14. The molecule has 0 radical (unpaired) electrons. The molecule has 0 bridgehead atoms. The molecule has 0 fully saturated rings. The van der Waals surface area contributed by atoms with Gasteiger partial charge in [-0.15, -0.1) is 0 Å². The van der Waals surface area contributed by atoms with Crippen LogP contribution < -0.4 is 10.1 Å². The zero-order valence-electron chi connectivity index (χ0n) is 21.0. The number of H-pyrrole nitrogens is 1. The molecule has 8 aromatic rings. The van der Waals surface area contributed by atoms with Gasteiger partial charge in [-0.1, -0.05) is 84.9 Å². The number of hydrogen-bond donors (Lipinski definition) is 2. The van der Waals surface area contributed by atoms with Gasteiger partial charge in [0.15, 0.2) is 6.23 Å². The van der Waals surface area contributed by atoms with Gasteiger partial charge in [-0.25, -0.2) is 0 Å². The molecule has 0 aliphatic carbocycles. The van der Waals surface area contributed by atoms with Crippen molar-refractivity contribution in [2.75, 3.05) is 5.32 Å². The Hall–Kier alpha value is -5.22. The first kappa shape index (κ1) is 20.8. The SMILES string of the molecule is c1ccc2cc(C3Nc4cc(-n5c6ccccc6c6ccc7c8ccccc8[nH]c7c65)ccc4O3)ccc2c1. The fraction of sp³-hybridized carbons (Fsp3) is 0.0286. The molecule has 1 atom stereocenters. The van der Waals surface area contributed by atoms with Gasteiger partial charge < -0.3 is 19.6 Å². The summed E-state index contributed by atoms with van der Waals surface area (Å²) in [6, 6.07) is 43.1. The van der Waals surface area contributed by atoms with Crippen molar-refractivity contribution < 1.29 is 4.74 Å². The third-order valence-corrected chi connectivity index (χ3v) is 8.14. The molecule has 39 heavy (non-hydrogen) atoms. The summed E-state index contributed by atoms with van der Waals surface area (Å²) in [4.78, 5) is 3.73. The first-order chi connectivity index (χ1) is 19.3. The van der Waals surface area contributed by atoms with Gasteiger partial charge in [-0.2, -0.15) is 0 Å². The van der Waals surface area contributed by atoms with Gasteiger partial charge >= 0.3 is 0 Å². The maximum atomic E-state index is 6.37. The van der Waals surface area contributed by atoms with Crippen LogP contribution in [0.25, 0.3) is 60.1 Å². The lowest BCUT2D eigenvalue weighted by Gasteiger charge is -2.12. The Bertz CT molecular complexity index is 2250. The average molecular weight is 502 g/mol. The molecule has 3 heterocycles. The van der Waals surface area contributed by atoms with Crippen LogP contribution in [-0.2, 0) is 0 Å². The molecule has 4 heteroatoms. The van der Waals surface area contributed by atoms with Gasteiger partial charge in [-0.3, -0.25) is 0 Å². The standard InChI is InChI=1S/C35H23N3O/c1-2-8-22-19-23(14-13-21(22)7-1)35-37-30-20-24(15-18-32(30)39-35)38-31-12-6-4-10-26(31)28-17-16-27-25-9-3-5-11-29(25)36-33(27)34(28)38/h1-20,35-37H. The van der Waals surface area contributed by atoms with E-state index in [1.807, 2.05) is 0 Å². The summed E-state index contributed by atoms with van der Waals surface area (Å²) < 4.78 is 8.76. The van der Waals surface area contributed by atoms with Gasteiger partial charge in [0.25, 0.3) is 0 Å². The number of hydrogen-bond acceptors (Lipinski definition) is 2. The molecule has 1 unspecified atom stereocenters. The van der Waals surface area contributed by atoms with E-state index in [2.05, 4.69) is 136 Å². The number of aromatic amines is 1. The molecular weight excluding hydrogens is 478 g/mol. The maximum absolute atomic E-state index is 6.37. The fourth-order valence-corrected chi connectivity index (χ4v) is 6.33. The van der Waals surface area contributed by atoms with Crippen molar-refractivity contribution in [3.63, 3.8) is 0 Å². The summed E-state index contributed by atoms with van der Waals surface area (Å²) in [6.45, 7) is 0. The van der Waals surface area contributed by atoms with Crippen molar-refractivity contribution >= 4 is 60.1 Å². The topological polar surface area (TPSA) is 42.0 Å². The Kier molecular flexibility index (Phi) is 4.08. The summed E-state index contributed by atoms with van der Waals surface area (Å²) >= 11 is 0. The van der Waals surface area contributed by atoms with E-state index in [0.29, 0.717) is 0 Å². The number of aromatic nitrogens is 2. The van der Waals surface area contributed by atoms with Gasteiger partial charge in [0.1, 0.15) is 5.75 Å². The van der Waals surface area contributed by atoms with Gasteiger partial charge in [0.2, 0.25) is 0 Å². The Morgan fingerprint density at radius 3 is 2.36 bits per heavy atom. The van der Waals surface area contributed by atoms with E-state index in [1.165, 1.54) is 43.4 Å². The van der Waals surface area contributed by atoms with Crippen LogP contribution >= 0.6 is 0 Å². The summed E-state index contributed by atoms with van der Waals surface area (Å²) in [5.74, 6) is 0.869. The Balaban J connectivity index is 1.23. The lowest BCUT2D eigenvalue weighted by Crippen LogP contribution is -2.09. The molecule has 9 rings (SSSR count). The quantitative estimate of drug-likeness (QED) is 0.248. The molecule has 6 aromatic carbocycles. The zero-order valence-corrected chi connectivity index (χ0v) is 21.0. The van der Waals surface area contributed by atoms with E-state index in [0.717, 1.165) is 33.7 Å². The molecule has 2 aromatic heterocycles. The highest BCUT2D eigenvalue weighted by atomic mass is 16.5. The minimum absolute atomic E-state index is 0.224. The van der Waals surface area contributed by atoms with Crippen LogP contribution in [0.2, 0.25) is 0 Å². The van der Waals surface area contributed by atoms with Gasteiger partial charge in [-0.05, 0) is 47.2 Å². The predicted molar refractivity (Wildman–Crippen MR) is 161 cm³/mol. The molecule has 1 aliphatic rings. The third kappa shape index (κ3) is 2.94. The highest BCUT2D eigenvalue weighted by Crippen LogP contribution is 2.43. The number of nitrogens with one attached hydrogen (secondary N) is 2. The second-order valence-corrected chi connectivity index (χ2v) is 10.3. The number of ether oxygens (including phenoxy) is 1. The summed E-state index contributed by atoms with van der Waals surface area (Å²) in [7, 11) is 0. The van der Waals surface area contributed by atoms with E-state index >= 15 is 0 Å². The van der Waals surface area contributed by atoms with E-state index in [4.69, 9.17) is 4.74 Å². The van der Waals surface area contributed by atoms with Crippen molar-refractivity contribution in [3.8, 4) is 11.4 Å². The summed E-state index contributed by atoms with van der Waals surface area (Å²) in [5, 5.41) is 11.0. The van der Waals surface area contributed by atoms with Crippen LogP contribution in [0, 0.1) is 0 Å². The maximum Gasteiger partial charge on any atom is 0.196 e. The fourth-order valence-electron chi connectivity index (χ4n) is 6.33. The van der Waals surface area contributed by atoms with Gasteiger partial charge in [0.05, 0.1) is 22.2 Å². The first-order valence-electron chi connectivity index (χ1n) is 13.3. The van der Waals surface area contributed by atoms with Crippen LogP contribution in [0.3, 0.4) is 0 Å². The number of anilines is 1. The minimum atomic E-state index is -0.224. The number of rotatable bonds is 2. The molecule has 184 valence electrons. The Labute approximate surface area is 224 Å². The molecule has 2 N–H and O–H groups in total. The second-order valence-electron chi connectivity index (χ2n) is 10.3. The van der Waals surface area contributed by atoms with Crippen LogP contribution in [0.5, 0.6) is 5.75 Å². The Morgan fingerprint density at radius 1 is 0.615 bits per heavy atom. The van der Waals surface area contributed by atoms with E-state index < -0.39 is 0 Å². The number of fused-ring (bicyclic) bond motifs is 9. The average Bonchev–Trinajstić information content (AvgIpc) is 3.68. The molecule has 0 spiro atoms. The van der Waals surface area contributed by atoms with Crippen LogP contribution in [0.15, 0.2) is 121 Å². The number of nitrogens with zero attached hydrogens (tertiary/aromatic N) is 1. The van der Waals surface area contributed by atoms with E-state index in [-0.39, 0.29) is 6.23 Å². The van der Waals surface area contributed by atoms with Crippen LogP contribution in [0.1, 0.15) is 11.8 Å². The predicted octanol–water partition coefficient (Wildman–Crippen LogP) is 9.07. The molecule has 4 nitrogen and oxygen atoms in total. The van der Waals surface area contributed by atoms with Crippen LogP contribution in [0.4, 0.5) is 5.69 Å². The molecule has 0 amide bonds. The highest BCUT2D eigenvalue weighted by Gasteiger charge is 2.25. The highest BCUT2D eigenvalue weighted by molar-refractivity contribution is 6.22. The molecule has 0 saturated heterocycles. The second kappa shape index (κ2) is 7.65. The smallest absolute Gasteiger partial charge is 0.196 e. The first-order valence-corrected chi connectivity index (χ1v) is 13.3. The van der Waals surface area contributed by atoms with Crippen molar-refractivity contribution in [1.82, 2.24) is 9.55 Å². The van der Waals surface area contributed by atoms with Crippen molar-refractivity contribution in [3.05, 3.63) is 127 Å². The minimum Gasteiger partial charge on any atom is -0.464 e. The van der Waals surface area contributed by atoms with Crippen molar-refractivity contribution in [2.45, 2.75) is 6.23 Å². The molecule has 1 aliphatic heterocycles. The van der Waals surface area contributed by atoms with E-state index in [1.54, 1.807) is 0 Å².